The molecule has 6 nitrogen and oxygen atoms in total. The van der Waals surface area contributed by atoms with Crippen LogP contribution in [-0.4, -0.2) is 29.6 Å². The fourth-order valence-electron chi connectivity index (χ4n) is 1.38. The number of rotatable bonds is 3. The van der Waals surface area contributed by atoms with Crippen LogP contribution in [0.1, 0.15) is 31.1 Å². The standard InChI is InChI=1S/C15H19NO5/c1-15(2,3)21-14(19)16(10-12(17)20-4)13(18)11-8-6-5-7-9-11/h5-10,17H,1-4H3/p-1/b12-10+. The lowest BCUT2D eigenvalue weighted by atomic mass is 10.2. The van der Waals surface area contributed by atoms with Crippen LogP contribution in [0.5, 0.6) is 0 Å². The Kier molecular flexibility index (Phi) is 5.35. The Balaban J connectivity index is 3.09. The smallest absolute Gasteiger partial charge is 0.421 e. The summed E-state index contributed by atoms with van der Waals surface area (Å²) in [6, 6.07) is 8.10. The zero-order chi connectivity index (χ0) is 16.0. The van der Waals surface area contributed by atoms with Crippen molar-refractivity contribution < 1.29 is 24.2 Å². The van der Waals surface area contributed by atoms with Gasteiger partial charge in [0.05, 0.1) is 5.95 Å². The number of carbonyl (C=O) groups is 2. The molecule has 2 amide bonds. The summed E-state index contributed by atoms with van der Waals surface area (Å²) < 4.78 is 9.57. The molecule has 0 aromatic heterocycles. The van der Waals surface area contributed by atoms with Crippen LogP contribution in [0.2, 0.25) is 0 Å². The van der Waals surface area contributed by atoms with E-state index in [1.807, 2.05) is 0 Å². The lowest BCUT2D eigenvalue weighted by molar-refractivity contribution is -0.354. The molecule has 0 unspecified atom stereocenters. The monoisotopic (exact) mass is 292 g/mol. The zero-order valence-electron chi connectivity index (χ0n) is 12.5. The second-order valence-electron chi connectivity index (χ2n) is 5.17. The molecule has 0 radical (unpaired) electrons. The fourth-order valence-corrected chi connectivity index (χ4v) is 1.38. The average molecular weight is 292 g/mol. The molecular formula is C15H18NO5-. The van der Waals surface area contributed by atoms with Gasteiger partial charge in [-0.2, -0.15) is 0 Å². The minimum Gasteiger partial charge on any atom is -0.616 e. The molecule has 0 heterocycles. The number of nitrogens with zero attached hydrogens (tertiary/aromatic N) is 1. The first kappa shape index (κ1) is 16.6. The minimum absolute atomic E-state index is 0.253. The van der Waals surface area contributed by atoms with E-state index >= 15 is 0 Å². The predicted octanol–water partition coefficient (Wildman–Crippen LogP) is 1.87. The quantitative estimate of drug-likeness (QED) is 0.795. The first-order valence-electron chi connectivity index (χ1n) is 6.29. The molecule has 0 atom stereocenters. The highest BCUT2D eigenvalue weighted by Gasteiger charge is 2.26. The van der Waals surface area contributed by atoms with Crippen molar-refractivity contribution in [1.29, 1.82) is 0 Å². The van der Waals surface area contributed by atoms with E-state index in [0.29, 0.717) is 4.90 Å². The lowest BCUT2D eigenvalue weighted by Gasteiger charge is -2.25. The maximum atomic E-state index is 12.3. The van der Waals surface area contributed by atoms with Crippen molar-refractivity contribution in [1.82, 2.24) is 4.90 Å². The van der Waals surface area contributed by atoms with Crippen molar-refractivity contribution in [2.45, 2.75) is 26.4 Å². The third kappa shape index (κ3) is 5.18. The number of amides is 2. The Morgan fingerprint density at radius 1 is 1.19 bits per heavy atom. The first-order valence-corrected chi connectivity index (χ1v) is 6.29. The number of methoxy groups -OCH3 is 1. The number of imide groups is 1. The summed E-state index contributed by atoms with van der Waals surface area (Å²) >= 11 is 0. The van der Waals surface area contributed by atoms with E-state index in [0.717, 1.165) is 13.3 Å². The SMILES string of the molecule is CO/C([O-])=C/N(C(=O)OC(C)(C)C)C(=O)c1ccccc1. The van der Waals surface area contributed by atoms with Gasteiger partial charge in [0.15, 0.2) is 0 Å². The van der Waals surface area contributed by atoms with Crippen LogP contribution in [0, 0.1) is 0 Å². The second-order valence-corrected chi connectivity index (χ2v) is 5.17. The van der Waals surface area contributed by atoms with Crippen molar-refractivity contribution in [2.24, 2.45) is 0 Å². The normalized spacial score (nSPS) is 11.7. The fraction of sp³-hybridized carbons (Fsp3) is 0.333. The maximum Gasteiger partial charge on any atom is 0.421 e. The molecule has 6 heteroatoms. The molecule has 0 bridgehead atoms. The van der Waals surface area contributed by atoms with Gasteiger partial charge in [-0.1, -0.05) is 18.2 Å². The molecule has 1 aromatic rings. The van der Waals surface area contributed by atoms with Gasteiger partial charge in [0.1, 0.15) is 5.60 Å². The largest absolute Gasteiger partial charge is 0.616 e. The molecule has 0 N–H and O–H groups in total. The van der Waals surface area contributed by atoms with Crippen LogP contribution in [0.25, 0.3) is 0 Å². The zero-order valence-corrected chi connectivity index (χ0v) is 12.5. The van der Waals surface area contributed by atoms with Gasteiger partial charge in [-0.25, -0.2) is 9.69 Å². The highest BCUT2D eigenvalue weighted by atomic mass is 16.6. The van der Waals surface area contributed by atoms with Crippen LogP contribution >= 0.6 is 0 Å². The Labute approximate surface area is 123 Å². The average Bonchev–Trinajstić information content (AvgIpc) is 2.42. The van der Waals surface area contributed by atoms with Crippen molar-refractivity contribution in [2.75, 3.05) is 7.11 Å². The summed E-state index contributed by atoms with van der Waals surface area (Å²) in [6.07, 6.45) is -0.176. The summed E-state index contributed by atoms with van der Waals surface area (Å²) in [5, 5.41) is 11.3. The highest BCUT2D eigenvalue weighted by molar-refractivity contribution is 6.03. The minimum atomic E-state index is -0.943. The molecule has 0 spiro atoms. The summed E-state index contributed by atoms with van der Waals surface area (Å²) in [6.45, 7) is 4.98. The molecule has 0 saturated heterocycles. The highest BCUT2D eigenvalue weighted by Crippen LogP contribution is 2.13. The Morgan fingerprint density at radius 2 is 1.76 bits per heavy atom. The van der Waals surface area contributed by atoms with Gasteiger partial charge in [-0.05, 0) is 40.0 Å². The van der Waals surface area contributed by atoms with Gasteiger partial charge in [-0.15, -0.1) is 0 Å². The summed E-state index contributed by atoms with van der Waals surface area (Å²) in [4.78, 5) is 25.0. The van der Waals surface area contributed by atoms with Crippen molar-refractivity contribution in [3.05, 3.63) is 48.0 Å². The van der Waals surface area contributed by atoms with Crippen LogP contribution in [0.4, 0.5) is 4.79 Å². The summed E-state index contributed by atoms with van der Waals surface area (Å²) in [5.74, 6) is -1.50. The lowest BCUT2D eigenvalue weighted by Crippen LogP contribution is -2.38. The van der Waals surface area contributed by atoms with Crippen molar-refractivity contribution in [3.63, 3.8) is 0 Å². The van der Waals surface area contributed by atoms with Gasteiger partial charge < -0.3 is 14.6 Å². The Bertz CT molecular complexity index is 531. The number of benzene rings is 1. The van der Waals surface area contributed by atoms with Crippen LogP contribution in [-0.2, 0) is 9.47 Å². The number of hydrogen-bond donors (Lipinski definition) is 0. The first-order chi connectivity index (χ1) is 9.74. The Morgan fingerprint density at radius 3 is 2.24 bits per heavy atom. The van der Waals surface area contributed by atoms with Gasteiger partial charge in [-0.3, -0.25) is 4.79 Å². The molecule has 0 aliphatic rings. The third-order valence-electron chi connectivity index (χ3n) is 2.27. The van der Waals surface area contributed by atoms with Crippen LogP contribution in [0.3, 0.4) is 0 Å². The van der Waals surface area contributed by atoms with Gasteiger partial charge in [0.2, 0.25) is 0 Å². The second kappa shape index (κ2) is 6.78. The summed E-state index contributed by atoms with van der Waals surface area (Å²) in [5.41, 5.74) is -0.542. The maximum absolute atomic E-state index is 12.3. The number of hydrogen-bond acceptors (Lipinski definition) is 5. The van der Waals surface area contributed by atoms with E-state index in [1.54, 1.807) is 39.0 Å². The molecule has 1 rings (SSSR count). The molecule has 0 fully saturated rings. The van der Waals surface area contributed by atoms with E-state index in [1.165, 1.54) is 12.1 Å². The predicted molar refractivity (Wildman–Crippen MR) is 73.9 cm³/mol. The van der Waals surface area contributed by atoms with E-state index in [-0.39, 0.29) is 5.56 Å². The topological polar surface area (TPSA) is 78.9 Å². The molecule has 1 aromatic carbocycles. The Hall–Kier alpha value is -2.50. The number of ether oxygens (including phenoxy) is 2. The van der Waals surface area contributed by atoms with E-state index < -0.39 is 23.5 Å². The van der Waals surface area contributed by atoms with Gasteiger partial charge in [0.25, 0.3) is 5.91 Å². The molecule has 0 aliphatic heterocycles. The molecule has 21 heavy (non-hydrogen) atoms. The van der Waals surface area contributed by atoms with E-state index in [9.17, 15) is 14.7 Å². The van der Waals surface area contributed by atoms with Gasteiger partial charge >= 0.3 is 6.09 Å². The summed E-state index contributed by atoms with van der Waals surface area (Å²) in [7, 11) is 1.15. The molecule has 0 aliphatic carbocycles. The van der Waals surface area contributed by atoms with Crippen molar-refractivity contribution in [3.8, 4) is 0 Å². The number of carbonyl (C=O) groups excluding carboxylic acids is 2. The van der Waals surface area contributed by atoms with Crippen molar-refractivity contribution >= 4 is 12.0 Å². The van der Waals surface area contributed by atoms with Crippen LogP contribution < -0.4 is 5.11 Å². The van der Waals surface area contributed by atoms with E-state index in [4.69, 9.17) is 4.74 Å². The molecule has 0 saturated carbocycles. The van der Waals surface area contributed by atoms with Gasteiger partial charge in [0, 0.05) is 11.8 Å². The van der Waals surface area contributed by atoms with Crippen LogP contribution in [0.15, 0.2) is 42.5 Å². The van der Waals surface area contributed by atoms with E-state index in [2.05, 4.69) is 4.74 Å². The molecular weight excluding hydrogens is 274 g/mol. The molecule has 114 valence electrons. The third-order valence-corrected chi connectivity index (χ3v) is 2.27.